The predicted molar refractivity (Wildman–Crippen MR) is 84.0 cm³/mol. The fourth-order valence-electron chi connectivity index (χ4n) is 1.52. The molecule has 0 saturated heterocycles. The Morgan fingerprint density at radius 2 is 1.95 bits per heavy atom. The van der Waals surface area contributed by atoms with Gasteiger partial charge in [-0.3, -0.25) is 4.79 Å². The van der Waals surface area contributed by atoms with Gasteiger partial charge in [0.05, 0.1) is 12.4 Å². The summed E-state index contributed by atoms with van der Waals surface area (Å²) in [5, 5.41) is 10.2. The topological polar surface area (TPSA) is 64.1 Å². The van der Waals surface area contributed by atoms with Crippen molar-refractivity contribution in [3.05, 3.63) is 41.6 Å². The number of carbonyl (C=O) groups is 1. The van der Waals surface area contributed by atoms with E-state index in [2.05, 4.69) is 15.5 Å². The van der Waals surface area contributed by atoms with Gasteiger partial charge in [-0.1, -0.05) is 11.6 Å². The smallest absolute Gasteiger partial charge is 0.238 e. The summed E-state index contributed by atoms with van der Waals surface area (Å²) in [6, 6.07) is 10.7. The van der Waals surface area contributed by atoms with Gasteiger partial charge in [-0.25, -0.2) is 0 Å². The lowest BCUT2D eigenvalue weighted by molar-refractivity contribution is -0.115. The van der Waals surface area contributed by atoms with Crippen molar-refractivity contribution in [1.29, 1.82) is 0 Å². The van der Waals surface area contributed by atoms with Gasteiger partial charge in [0.1, 0.15) is 5.75 Å². The molecule has 2 rings (SSSR count). The first-order chi connectivity index (χ1) is 10.1. The van der Waals surface area contributed by atoms with Crippen LogP contribution >= 0.6 is 23.4 Å². The molecule has 21 heavy (non-hydrogen) atoms. The fraction of sp³-hybridized carbons (Fsp3) is 0.214. The van der Waals surface area contributed by atoms with Crippen molar-refractivity contribution < 1.29 is 9.53 Å². The zero-order valence-electron chi connectivity index (χ0n) is 11.5. The lowest BCUT2D eigenvalue weighted by atomic mass is 10.3. The van der Waals surface area contributed by atoms with E-state index in [0.29, 0.717) is 5.82 Å². The average Bonchev–Trinajstić information content (AvgIpc) is 2.50. The number of amides is 1. The van der Waals surface area contributed by atoms with Crippen LogP contribution in [0, 0.1) is 0 Å². The van der Waals surface area contributed by atoms with E-state index in [1.807, 2.05) is 31.2 Å². The Hall–Kier alpha value is -1.79. The van der Waals surface area contributed by atoms with E-state index in [1.165, 1.54) is 11.8 Å². The third kappa shape index (κ3) is 4.61. The molecule has 110 valence electrons. The first kappa shape index (κ1) is 15.6. The number of thioether (sulfide) groups is 1. The number of benzene rings is 1. The molecule has 7 heteroatoms. The number of carbonyl (C=O) groups excluding carboxylic acids is 1. The summed E-state index contributed by atoms with van der Waals surface area (Å²) in [6.45, 7) is 1.83. The van der Waals surface area contributed by atoms with Crippen molar-refractivity contribution in [2.24, 2.45) is 0 Å². The molecule has 1 N–H and O–H groups in total. The van der Waals surface area contributed by atoms with Crippen molar-refractivity contribution in [2.45, 2.75) is 17.1 Å². The summed E-state index contributed by atoms with van der Waals surface area (Å²) in [5.41, 5.74) is 0. The summed E-state index contributed by atoms with van der Waals surface area (Å²) in [6.07, 6.45) is 0. The first-order valence-electron chi connectivity index (χ1n) is 6.19. The van der Waals surface area contributed by atoms with Crippen LogP contribution in [-0.2, 0) is 4.79 Å². The van der Waals surface area contributed by atoms with Crippen molar-refractivity contribution in [3.63, 3.8) is 0 Å². The Balaban J connectivity index is 1.93. The number of nitrogens with one attached hydrogen (secondary N) is 1. The second-order valence-corrected chi connectivity index (χ2v) is 5.97. The number of ether oxygens (including phenoxy) is 1. The highest BCUT2D eigenvalue weighted by Gasteiger charge is 2.15. The van der Waals surface area contributed by atoms with Crippen molar-refractivity contribution >= 4 is 35.1 Å². The Labute approximate surface area is 132 Å². The Bertz CT molecular complexity index is 605. The fourth-order valence-corrected chi connectivity index (χ4v) is 2.49. The molecule has 1 atom stereocenters. The van der Waals surface area contributed by atoms with E-state index >= 15 is 0 Å². The standard InChI is InChI=1S/C14H14ClN3O2S/c1-9(21-11-5-3-10(20-2)4-6-11)14(19)16-13-8-7-12(15)17-18-13/h3-9H,1-2H3,(H,16,18,19)/t9-/m1/s1. The predicted octanol–water partition coefficient (Wildman–Crippen LogP) is 3.26. The van der Waals surface area contributed by atoms with Crippen LogP contribution in [0.3, 0.4) is 0 Å². The van der Waals surface area contributed by atoms with Gasteiger partial charge >= 0.3 is 0 Å². The van der Waals surface area contributed by atoms with E-state index in [4.69, 9.17) is 16.3 Å². The van der Waals surface area contributed by atoms with Crippen LogP contribution in [0.5, 0.6) is 5.75 Å². The second-order valence-electron chi connectivity index (χ2n) is 4.17. The maximum absolute atomic E-state index is 12.1. The molecule has 0 radical (unpaired) electrons. The molecule has 5 nitrogen and oxygen atoms in total. The van der Waals surface area contributed by atoms with Gasteiger partial charge in [0.2, 0.25) is 5.91 Å². The molecule has 0 unspecified atom stereocenters. The van der Waals surface area contributed by atoms with Crippen LogP contribution in [-0.4, -0.2) is 28.5 Å². The van der Waals surface area contributed by atoms with E-state index in [9.17, 15) is 4.79 Å². The van der Waals surface area contributed by atoms with E-state index < -0.39 is 0 Å². The molecule has 0 aliphatic carbocycles. The lowest BCUT2D eigenvalue weighted by Gasteiger charge is -2.11. The van der Waals surface area contributed by atoms with Gasteiger partial charge in [0.25, 0.3) is 0 Å². The van der Waals surface area contributed by atoms with E-state index in [-0.39, 0.29) is 16.3 Å². The van der Waals surface area contributed by atoms with Gasteiger partial charge in [0, 0.05) is 4.90 Å². The van der Waals surface area contributed by atoms with Crippen LogP contribution in [0.25, 0.3) is 0 Å². The summed E-state index contributed by atoms with van der Waals surface area (Å²) >= 11 is 7.09. The lowest BCUT2D eigenvalue weighted by Crippen LogP contribution is -2.23. The Kier molecular flexibility index (Phi) is 5.41. The quantitative estimate of drug-likeness (QED) is 0.856. The van der Waals surface area contributed by atoms with Crippen molar-refractivity contribution in [2.75, 3.05) is 12.4 Å². The first-order valence-corrected chi connectivity index (χ1v) is 7.45. The van der Waals surface area contributed by atoms with Crippen LogP contribution < -0.4 is 10.1 Å². The van der Waals surface area contributed by atoms with Crippen LogP contribution in [0.15, 0.2) is 41.3 Å². The van der Waals surface area contributed by atoms with Crippen LogP contribution in [0.1, 0.15) is 6.92 Å². The zero-order chi connectivity index (χ0) is 15.2. The Morgan fingerprint density at radius 1 is 1.24 bits per heavy atom. The summed E-state index contributed by atoms with van der Waals surface area (Å²) < 4.78 is 5.10. The zero-order valence-corrected chi connectivity index (χ0v) is 13.1. The highest BCUT2D eigenvalue weighted by atomic mass is 35.5. The number of halogens is 1. The minimum Gasteiger partial charge on any atom is -0.497 e. The molecule has 1 aromatic carbocycles. The monoisotopic (exact) mass is 323 g/mol. The van der Waals surface area contributed by atoms with Crippen LogP contribution in [0.4, 0.5) is 5.82 Å². The molecular weight excluding hydrogens is 310 g/mol. The SMILES string of the molecule is COc1ccc(S[C@H](C)C(=O)Nc2ccc(Cl)nn2)cc1. The minimum atomic E-state index is -0.268. The van der Waals surface area contributed by atoms with Crippen molar-refractivity contribution in [3.8, 4) is 5.75 Å². The number of aromatic nitrogens is 2. The number of hydrogen-bond donors (Lipinski definition) is 1. The normalized spacial score (nSPS) is 11.8. The molecule has 1 amide bonds. The van der Waals surface area contributed by atoms with Gasteiger partial charge in [-0.15, -0.1) is 22.0 Å². The van der Waals surface area contributed by atoms with Gasteiger partial charge in [-0.05, 0) is 43.3 Å². The highest BCUT2D eigenvalue weighted by Crippen LogP contribution is 2.26. The molecule has 0 spiro atoms. The maximum Gasteiger partial charge on any atom is 0.238 e. The number of anilines is 1. The summed E-state index contributed by atoms with van der Waals surface area (Å²) in [5.74, 6) is 1.02. The number of nitrogens with zero attached hydrogens (tertiary/aromatic N) is 2. The summed E-state index contributed by atoms with van der Waals surface area (Å²) in [4.78, 5) is 13.1. The van der Waals surface area contributed by atoms with Gasteiger partial charge in [0.15, 0.2) is 11.0 Å². The third-order valence-corrected chi connectivity index (χ3v) is 3.94. The molecule has 1 heterocycles. The largest absolute Gasteiger partial charge is 0.497 e. The maximum atomic E-state index is 12.1. The number of rotatable bonds is 5. The molecule has 0 aliphatic heterocycles. The average molecular weight is 324 g/mol. The molecule has 0 fully saturated rings. The third-order valence-electron chi connectivity index (χ3n) is 2.62. The summed E-state index contributed by atoms with van der Waals surface area (Å²) in [7, 11) is 1.62. The van der Waals surface area contributed by atoms with E-state index in [1.54, 1.807) is 19.2 Å². The number of hydrogen-bond acceptors (Lipinski definition) is 5. The van der Waals surface area contributed by atoms with Crippen molar-refractivity contribution in [1.82, 2.24) is 10.2 Å². The molecule has 1 aromatic heterocycles. The van der Waals surface area contributed by atoms with E-state index in [0.717, 1.165) is 10.6 Å². The second kappa shape index (κ2) is 7.28. The molecule has 0 aliphatic rings. The number of methoxy groups -OCH3 is 1. The molecule has 0 saturated carbocycles. The van der Waals surface area contributed by atoms with Gasteiger partial charge < -0.3 is 10.1 Å². The molecule has 2 aromatic rings. The highest BCUT2D eigenvalue weighted by molar-refractivity contribution is 8.00. The molecular formula is C14H14ClN3O2S. The van der Waals surface area contributed by atoms with Gasteiger partial charge in [-0.2, -0.15) is 0 Å². The Morgan fingerprint density at radius 3 is 2.52 bits per heavy atom. The minimum absolute atomic E-state index is 0.146. The van der Waals surface area contributed by atoms with Crippen LogP contribution in [0.2, 0.25) is 5.15 Å². The molecule has 0 bridgehead atoms.